The molecule has 0 aliphatic rings. The monoisotopic (exact) mass is 168 g/mol. The number of carbonyl (C=O) groups excluding carboxylic acids is 2. The van der Waals surface area contributed by atoms with Crippen LogP contribution in [0, 0.1) is 0 Å². The van der Waals surface area contributed by atoms with Crippen LogP contribution in [0.1, 0.15) is 26.7 Å². The molecular formula is C10H16O2. The zero-order valence-corrected chi connectivity index (χ0v) is 7.80. The third-order valence-corrected chi connectivity index (χ3v) is 1.20. The van der Waals surface area contributed by atoms with Gasteiger partial charge in [-0.1, -0.05) is 27.0 Å². The minimum absolute atomic E-state index is 0.106. The van der Waals surface area contributed by atoms with Crippen LogP contribution in [0.5, 0.6) is 0 Å². The van der Waals surface area contributed by atoms with Gasteiger partial charge < -0.3 is 0 Å². The van der Waals surface area contributed by atoms with Gasteiger partial charge in [0.25, 0.3) is 0 Å². The lowest BCUT2D eigenvalue weighted by molar-refractivity contribution is -0.114. The van der Waals surface area contributed by atoms with Crippen molar-refractivity contribution < 1.29 is 9.59 Å². The number of ketones is 1. The Morgan fingerprint density at radius 3 is 1.83 bits per heavy atom. The van der Waals surface area contributed by atoms with Crippen molar-refractivity contribution in [2.75, 3.05) is 0 Å². The van der Waals surface area contributed by atoms with Gasteiger partial charge in [-0.05, 0) is 18.1 Å². The van der Waals surface area contributed by atoms with Crippen LogP contribution in [-0.4, -0.2) is 12.1 Å². The molecule has 2 nitrogen and oxygen atoms in total. The van der Waals surface area contributed by atoms with Gasteiger partial charge in [-0.15, -0.1) is 0 Å². The second-order valence-corrected chi connectivity index (χ2v) is 2.15. The predicted molar refractivity (Wildman–Crippen MR) is 51.0 cm³/mol. The highest BCUT2D eigenvalue weighted by Crippen LogP contribution is 1.86. The summed E-state index contributed by atoms with van der Waals surface area (Å²) in [6, 6.07) is 0. The van der Waals surface area contributed by atoms with Crippen LogP contribution in [0.25, 0.3) is 0 Å². The second-order valence-electron chi connectivity index (χ2n) is 2.15. The fraction of sp³-hybridized carbons (Fsp3) is 0.400. The largest absolute Gasteiger partial charge is 0.298 e. The molecule has 0 heterocycles. The normalized spacial score (nSPS) is 7.50. The highest BCUT2D eigenvalue weighted by molar-refractivity contribution is 5.88. The summed E-state index contributed by atoms with van der Waals surface area (Å²) in [5, 5.41) is 0. The molecule has 0 atom stereocenters. The number of hydrogen-bond acceptors (Lipinski definition) is 2. The SMILES string of the molecule is C=C(C=O)CC.C=CC(=O)CC. The Kier molecular flexibility index (Phi) is 11.0. The van der Waals surface area contributed by atoms with Crippen LogP contribution < -0.4 is 0 Å². The fourth-order valence-corrected chi connectivity index (χ4v) is 0.228. The molecule has 0 unspecified atom stereocenters. The molecule has 12 heavy (non-hydrogen) atoms. The van der Waals surface area contributed by atoms with E-state index in [1.807, 2.05) is 13.8 Å². The molecule has 2 heteroatoms. The predicted octanol–water partition coefficient (Wildman–Crippen LogP) is 2.30. The van der Waals surface area contributed by atoms with Crippen LogP contribution in [0.2, 0.25) is 0 Å². The summed E-state index contributed by atoms with van der Waals surface area (Å²) in [6.07, 6.45) is 3.45. The molecule has 0 N–H and O–H groups in total. The molecule has 0 fully saturated rings. The van der Waals surface area contributed by atoms with E-state index in [1.165, 1.54) is 6.08 Å². The first-order valence-electron chi connectivity index (χ1n) is 3.90. The van der Waals surface area contributed by atoms with Gasteiger partial charge in [0.15, 0.2) is 5.78 Å². The van der Waals surface area contributed by atoms with Gasteiger partial charge in [0.2, 0.25) is 0 Å². The molecular weight excluding hydrogens is 152 g/mol. The first-order chi connectivity index (χ1) is 5.62. The van der Waals surface area contributed by atoms with Crippen molar-refractivity contribution in [1.29, 1.82) is 0 Å². The standard InChI is InChI=1S/2C5H8O/c1-3-5(2)4-6;1-3-5(6)4-2/h4H,2-3H2,1H3;3H,1,4H2,2H3. The molecule has 0 bridgehead atoms. The van der Waals surface area contributed by atoms with E-state index < -0.39 is 0 Å². The summed E-state index contributed by atoms with van der Waals surface area (Å²) in [5.74, 6) is 0.106. The Morgan fingerprint density at radius 1 is 1.33 bits per heavy atom. The average Bonchev–Trinajstić information content (AvgIpc) is 2.16. The van der Waals surface area contributed by atoms with Crippen molar-refractivity contribution >= 4 is 12.1 Å². The molecule has 0 saturated carbocycles. The third-order valence-electron chi connectivity index (χ3n) is 1.20. The van der Waals surface area contributed by atoms with Gasteiger partial charge >= 0.3 is 0 Å². The molecule has 0 saturated heterocycles. The summed E-state index contributed by atoms with van der Waals surface area (Å²) < 4.78 is 0. The van der Waals surface area contributed by atoms with Crippen molar-refractivity contribution in [2.24, 2.45) is 0 Å². The van der Waals surface area contributed by atoms with E-state index >= 15 is 0 Å². The van der Waals surface area contributed by atoms with Gasteiger partial charge in [-0.25, -0.2) is 0 Å². The molecule has 0 aromatic rings. The molecule has 0 amide bonds. The number of hydrogen-bond donors (Lipinski definition) is 0. The first-order valence-corrected chi connectivity index (χ1v) is 3.90. The van der Waals surface area contributed by atoms with Crippen molar-refractivity contribution in [3.8, 4) is 0 Å². The Hall–Kier alpha value is -1.18. The second kappa shape index (κ2) is 9.82. The molecule has 0 aliphatic heterocycles. The van der Waals surface area contributed by atoms with Gasteiger partial charge in [-0.3, -0.25) is 9.59 Å². The number of carbonyl (C=O) groups is 2. The van der Waals surface area contributed by atoms with E-state index in [-0.39, 0.29) is 5.78 Å². The smallest absolute Gasteiger partial charge is 0.154 e. The molecule has 0 rings (SSSR count). The Labute approximate surface area is 74.0 Å². The summed E-state index contributed by atoms with van der Waals surface area (Å²) in [5.41, 5.74) is 0.662. The maximum atomic E-state index is 10.1. The van der Waals surface area contributed by atoms with E-state index in [1.54, 1.807) is 0 Å². The highest BCUT2D eigenvalue weighted by Gasteiger charge is 1.82. The van der Waals surface area contributed by atoms with Gasteiger partial charge in [-0.2, -0.15) is 0 Å². The maximum Gasteiger partial charge on any atom is 0.154 e. The fourth-order valence-electron chi connectivity index (χ4n) is 0.228. The van der Waals surface area contributed by atoms with Crippen LogP contribution >= 0.6 is 0 Å². The molecule has 0 aliphatic carbocycles. The number of rotatable bonds is 4. The van der Waals surface area contributed by atoms with E-state index in [4.69, 9.17) is 0 Å². The summed E-state index contributed by atoms with van der Waals surface area (Å²) in [6.45, 7) is 10.4. The third kappa shape index (κ3) is 11.6. The lowest BCUT2D eigenvalue weighted by Crippen LogP contribution is -1.83. The number of allylic oxidation sites excluding steroid dienone is 2. The maximum absolute atomic E-state index is 10.1. The van der Waals surface area contributed by atoms with Crippen molar-refractivity contribution in [3.63, 3.8) is 0 Å². The van der Waals surface area contributed by atoms with Crippen molar-refractivity contribution in [1.82, 2.24) is 0 Å². The summed E-state index contributed by atoms with van der Waals surface area (Å²) >= 11 is 0. The van der Waals surface area contributed by atoms with Crippen LogP contribution in [0.3, 0.4) is 0 Å². The molecule has 0 aromatic carbocycles. The molecule has 68 valence electrons. The van der Waals surface area contributed by atoms with Crippen LogP contribution in [0.4, 0.5) is 0 Å². The van der Waals surface area contributed by atoms with Crippen LogP contribution in [-0.2, 0) is 9.59 Å². The van der Waals surface area contributed by atoms with Gasteiger partial charge in [0.05, 0.1) is 0 Å². The Bertz CT molecular complexity index is 149. The Morgan fingerprint density at radius 2 is 1.83 bits per heavy atom. The summed E-state index contributed by atoms with van der Waals surface area (Å²) in [7, 11) is 0. The first kappa shape index (κ1) is 13.4. The number of aldehydes is 1. The minimum atomic E-state index is 0.106. The van der Waals surface area contributed by atoms with E-state index in [0.717, 1.165) is 12.7 Å². The highest BCUT2D eigenvalue weighted by atomic mass is 16.1. The topological polar surface area (TPSA) is 34.1 Å². The average molecular weight is 168 g/mol. The zero-order chi connectivity index (χ0) is 9.98. The van der Waals surface area contributed by atoms with Crippen molar-refractivity contribution in [3.05, 3.63) is 24.8 Å². The van der Waals surface area contributed by atoms with Crippen LogP contribution in [0.15, 0.2) is 24.8 Å². The molecule has 0 aromatic heterocycles. The molecule has 0 radical (unpaired) electrons. The Balaban J connectivity index is 0. The van der Waals surface area contributed by atoms with Crippen molar-refractivity contribution in [2.45, 2.75) is 26.7 Å². The van der Waals surface area contributed by atoms with E-state index in [0.29, 0.717) is 12.0 Å². The quantitative estimate of drug-likeness (QED) is 0.477. The minimum Gasteiger partial charge on any atom is -0.298 e. The molecule has 0 spiro atoms. The van der Waals surface area contributed by atoms with Gasteiger partial charge in [0.1, 0.15) is 6.29 Å². The van der Waals surface area contributed by atoms with Gasteiger partial charge in [0, 0.05) is 6.42 Å². The van der Waals surface area contributed by atoms with E-state index in [9.17, 15) is 9.59 Å². The lowest BCUT2D eigenvalue weighted by Gasteiger charge is -1.79. The zero-order valence-electron chi connectivity index (χ0n) is 7.80. The lowest BCUT2D eigenvalue weighted by atomic mass is 10.3. The summed E-state index contributed by atoms with van der Waals surface area (Å²) in [4.78, 5) is 19.7. The van der Waals surface area contributed by atoms with E-state index in [2.05, 4.69) is 13.2 Å².